The van der Waals surface area contributed by atoms with Gasteiger partial charge in [-0.15, -0.1) is 0 Å². The molecule has 0 aliphatic rings. The largest absolute Gasteiger partial charge is 0.497 e. The third-order valence-electron chi connectivity index (χ3n) is 4.94. The maximum atomic E-state index is 12.8. The van der Waals surface area contributed by atoms with Crippen molar-refractivity contribution in [2.45, 2.75) is 33.2 Å². The van der Waals surface area contributed by atoms with Crippen molar-refractivity contribution in [3.63, 3.8) is 0 Å². The molecule has 2 N–H and O–H groups in total. The first-order chi connectivity index (χ1) is 13.6. The number of ether oxygens (including phenoxy) is 1. The van der Waals surface area contributed by atoms with Crippen LogP contribution in [0.3, 0.4) is 0 Å². The zero-order valence-electron chi connectivity index (χ0n) is 17.1. The first-order valence-electron chi connectivity index (χ1n) is 9.08. The zero-order valence-corrected chi connectivity index (χ0v) is 17.1. The SMILES string of the molecule is COc1ccc(-n2c(C)cc(C(=O)Nc3cnn(C(C)(C)C(=O)O)c3)c2C)cc1. The molecule has 0 spiro atoms. The summed E-state index contributed by atoms with van der Waals surface area (Å²) >= 11 is 0. The van der Waals surface area contributed by atoms with E-state index < -0.39 is 11.5 Å². The molecule has 2 heterocycles. The number of rotatable bonds is 6. The van der Waals surface area contributed by atoms with Crippen LogP contribution in [0.15, 0.2) is 42.7 Å². The highest BCUT2D eigenvalue weighted by Crippen LogP contribution is 2.24. The normalized spacial score (nSPS) is 11.3. The monoisotopic (exact) mass is 396 g/mol. The number of hydrogen-bond acceptors (Lipinski definition) is 4. The van der Waals surface area contributed by atoms with Crippen LogP contribution in [0.5, 0.6) is 5.75 Å². The fourth-order valence-electron chi connectivity index (χ4n) is 3.11. The summed E-state index contributed by atoms with van der Waals surface area (Å²) in [6.07, 6.45) is 2.94. The van der Waals surface area contributed by atoms with Gasteiger partial charge in [0.05, 0.1) is 24.6 Å². The summed E-state index contributed by atoms with van der Waals surface area (Å²) in [6, 6.07) is 9.41. The number of amides is 1. The quantitative estimate of drug-likeness (QED) is 0.666. The van der Waals surface area contributed by atoms with E-state index in [0.717, 1.165) is 22.8 Å². The Morgan fingerprint density at radius 2 is 1.83 bits per heavy atom. The third kappa shape index (κ3) is 3.73. The van der Waals surface area contributed by atoms with Crippen molar-refractivity contribution in [3.05, 3.63) is 59.7 Å². The van der Waals surface area contributed by atoms with Crippen LogP contribution in [-0.2, 0) is 10.3 Å². The molecule has 0 radical (unpaired) electrons. The lowest BCUT2D eigenvalue weighted by Crippen LogP contribution is -2.35. The second-order valence-corrected chi connectivity index (χ2v) is 7.31. The van der Waals surface area contributed by atoms with Gasteiger partial charge in [-0.2, -0.15) is 5.10 Å². The van der Waals surface area contributed by atoms with Gasteiger partial charge < -0.3 is 19.7 Å². The number of carbonyl (C=O) groups is 2. The maximum absolute atomic E-state index is 12.8. The van der Waals surface area contributed by atoms with Gasteiger partial charge in [-0.05, 0) is 58.0 Å². The number of aromatic nitrogens is 3. The van der Waals surface area contributed by atoms with Crippen LogP contribution in [0.2, 0.25) is 0 Å². The Bertz CT molecular complexity index is 1060. The minimum Gasteiger partial charge on any atom is -0.497 e. The number of carboxylic acid groups (broad SMARTS) is 1. The molecule has 0 aliphatic carbocycles. The molecule has 0 bridgehead atoms. The van der Waals surface area contributed by atoms with Crippen LogP contribution < -0.4 is 10.1 Å². The summed E-state index contributed by atoms with van der Waals surface area (Å²) in [5, 5.41) is 16.2. The predicted molar refractivity (Wildman–Crippen MR) is 109 cm³/mol. The van der Waals surface area contributed by atoms with Crippen molar-refractivity contribution in [2.24, 2.45) is 0 Å². The van der Waals surface area contributed by atoms with Crippen molar-refractivity contribution in [3.8, 4) is 11.4 Å². The Morgan fingerprint density at radius 3 is 2.41 bits per heavy atom. The van der Waals surface area contributed by atoms with Gasteiger partial charge in [0.1, 0.15) is 5.75 Å². The van der Waals surface area contributed by atoms with Crippen molar-refractivity contribution >= 4 is 17.6 Å². The standard InChI is InChI=1S/C21H24N4O4/c1-13-10-18(14(2)25(13)16-6-8-17(29-5)9-7-16)19(26)23-15-11-22-24(12-15)21(3,4)20(27)28/h6-12H,1-5H3,(H,23,26)(H,27,28). The molecule has 0 unspecified atom stereocenters. The number of aryl methyl sites for hydroxylation is 1. The number of anilines is 1. The Hall–Kier alpha value is -3.55. The molecule has 29 heavy (non-hydrogen) atoms. The summed E-state index contributed by atoms with van der Waals surface area (Å²) in [5.41, 5.74) is 2.38. The molecule has 0 aliphatic heterocycles. The molecule has 0 saturated heterocycles. The van der Waals surface area contributed by atoms with E-state index in [1.54, 1.807) is 7.11 Å². The van der Waals surface area contributed by atoms with E-state index in [-0.39, 0.29) is 5.91 Å². The lowest BCUT2D eigenvalue weighted by Gasteiger charge is -2.19. The summed E-state index contributed by atoms with van der Waals surface area (Å²) < 4.78 is 8.50. The van der Waals surface area contributed by atoms with Crippen LogP contribution in [0, 0.1) is 13.8 Å². The van der Waals surface area contributed by atoms with Gasteiger partial charge in [0.25, 0.3) is 5.91 Å². The highest BCUT2D eigenvalue weighted by molar-refractivity contribution is 6.05. The van der Waals surface area contributed by atoms with E-state index >= 15 is 0 Å². The molecule has 3 rings (SSSR count). The third-order valence-corrected chi connectivity index (χ3v) is 4.94. The number of carbonyl (C=O) groups excluding carboxylic acids is 1. The zero-order chi connectivity index (χ0) is 21.3. The Labute approximate surface area is 168 Å². The lowest BCUT2D eigenvalue weighted by molar-refractivity contribution is -0.146. The first kappa shape index (κ1) is 20.2. The number of methoxy groups -OCH3 is 1. The second-order valence-electron chi connectivity index (χ2n) is 7.31. The van der Waals surface area contributed by atoms with E-state index in [0.29, 0.717) is 11.3 Å². The minimum atomic E-state index is -1.22. The number of carboxylic acids is 1. The molecule has 0 atom stereocenters. The van der Waals surface area contributed by atoms with E-state index in [9.17, 15) is 14.7 Å². The van der Waals surface area contributed by atoms with Crippen LogP contribution in [0.4, 0.5) is 5.69 Å². The minimum absolute atomic E-state index is 0.287. The fourth-order valence-corrected chi connectivity index (χ4v) is 3.11. The topological polar surface area (TPSA) is 98.4 Å². The number of benzene rings is 1. The number of hydrogen-bond donors (Lipinski definition) is 2. The fraction of sp³-hybridized carbons (Fsp3) is 0.286. The van der Waals surface area contributed by atoms with Gasteiger partial charge in [0.2, 0.25) is 0 Å². The van der Waals surface area contributed by atoms with Crippen molar-refractivity contribution in [1.29, 1.82) is 0 Å². The van der Waals surface area contributed by atoms with Gasteiger partial charge in [0.15, 0.2) is 5.54 Å². The molecule has 0 fully saturated rings. The van der Waals surface area contributed by atoms with Crippen molar-refractivity contribution < 1.29 is 19.4 Å². The molecule has 152 valence electrons. The summed E-state index contributed by atoms with van der Waals surface area (Å²) in [6.45, 7) is 6.89. The summed E-state index contributed by atoms with van der Waals surface area (Å²) in [7, 11) is 1.61. The van der Waals surface area contributed by atoms with Gasteiger partial charge in [-0.25, -0.2) is 4.79 Å². The Balaban J connectivity index is 1.85. The molecular weight excluding hydrogens is 372 g/mol. The van der Waals surface area contributed by atoms with Crippen LogP contribution in [-0.4, -0.2) is 38.4 Å². The molecule has 2 aromatic heterocycles. The Morgan fingerprint density at radius 1 is 1.17 bits per heavy atom. The van der Waals surface area contributed by atoms with E-state index in [4.69, 9.17) is 4.74 Å². The van der Waals surface area contributed by atoms with Gasteiger partial charge in [0, 0.05) is 23.3 Å². The smallest absolute Gasteiger partial charge is 0.331 e. The van der Waals surface area contributed by atoms with E-state index in [1.807, 2.05) is 48.7 Å². The lowest BCUT2D eigenvalue weighted by atomic mass is 10.1. The van der Waals surface area contributed by atoms with Gasteiger partial charge >= 0.3 is 5.97 Å². The van der Waals surface area contributed by atoms with E-state index in [1.165, 1.54) is 30.9 Å². The molecule has 3 aromatic rings. The molecule has 8 heteroatoms. The maximum Gasteiger partial charge on any atom is 0.331 e. The van der Waals surface area contributed by atoms with Crippen molar-refractivity contribution in [1.82, 2.24) is 14.3 Å². The number of nitrogens with zero attached hydrogens (tertiary/aromatic N) is 3. The number of aliphatic carboxylic acids is 1. The number of nitrogens with one attached hydrogen (secondary N) is 1. The molecule has 0 saturated carbocycles. The van der Waals surface area contributed by atoms with Crippen LogP contribution in [0.25, 0.3) is 5.69 Å². The highest BCUT2D eigenvalue weighted by Gasteiger charge is 2.30. The van der Waals surface area contributed by atoms with Gasteiger partial charge in [-0.1, -0.05) is 0 Å². The molecule has 1 aromatic carbocycles. The van der Waals surface area contributed by atoms with Gasteiger partial charge in [-0.3, -0.25) is 9.48 Å². The van der Waals surface area contributed by atoms with Crippen LogP contribution in [0.1, 0.15) is 35.6 Å². The average Bonchev–Trinajstić information content (AvgIpc) is 3.26. The molecule has 8 nitrogen and oxygen atoms in total. The van der Waals surface area contributed by atoms with Crippen molar-refractivity contribution in [2.75, 3.05) is 12.4 Å². The highest BCUT2D eigenvalue weighted by atomic mass is 16.5. The average molecular weight is 396 g/mol. The molecular formula is C21H24N4O4. The first-order valence-corrected chi connectivity index (χ1v) is 9.08. The second kappa shape index (κ2) is 7.46. The Kier molecular flexibility index (Phi) is 5.19. The van der Waals surface area contributed by atoms with Crippen LogP contribution >= 0.6 is 0 Å². The predicted octanol–water partition coefficient (Wildman–Crippen LogP) is 3.37. The summed E-state index contributed by atoms with van der Waals surface area (Å²) in [5.74, 6) is -0.539. The molecule has 1 amide bonds. The van der Waals surface area contributed by atoms with E-state index in [2.05, 4.69) is 10.4 Å². The summed E-state index contributed by atoms with van der Waals surface area (Å²) in [4.78, 5) is 24.2.